The van der Waals surface area contributed by atoms with E-state index in [1.54, 1.807) is 0 Å². The Hall–Kier alpha value is -4.06. The van der Waals surface area contributed by atoms with E-state index in [9.17, 15) is 9.59 Å². The fraction of sp³-hybridized carbons (Fsp3) is 0.371. The Labute approximate surface area is 241 Å². The zero-order chi connectivity index (χ0) is 28.3. The number of rotatable bonds is 10. The number of hydrogen-bond acceptors (Lipinski definition) is 5. The molecule has 1 atom stereocenters. The van der Waals surface area contributed by atoms with Gasteiger partial charge < -0.3 is 9.64 Å². The molecule has 1 aromatic heterocycles. The van der Waals surface area contributed by atoms with E-state index in [1.807, 2.05) is 54.3 Å². The summed E-state index contributed by atoms with van der Waals surface area (Å²) in [6, 6.07) is 24.2. The van der Waals surface area contributed by atoms with Crippen molar-refractivity contribution in [1.82, 2.24) is 14.9 Å². The second kappa shape index (κ2) is 11.8. The number of aromatic nitrogens is 2. The minimum Gasteiger partial charge on any atom is -0.469 e. The molecule has 6 nitrogen and oxygen atoms in total. The number of benzene rings is 3. The molecule has 6 heteroatoms. The van der Waals surface area contributed by atoms with Crippen LogP contribution in [0, 0.1) is 12.8 Å². The monoisotopic (exact) mass is 547 g/mol. The van der Waals surface area contributed by atoms with Gasteiger partial charge in [-0.25, -0.2) is 9.97 Å². The molecule has 1 heterocycles. The van der Waals surface area contributed by atoms with Gasteiger partial charge in [-0.3, -0.25) is 9.59 Å². The van der Waals surface area contributed by atoms with Crippen molar-refractivity contribution in [3.63, 3.8) is 0 Å². The van der Waals surface area contributed by atoms with Crippen LogP contribution in [0.1, 0.15) is 88.9 Å². The van der Waals surface area contributed by atoms with E-state index >= 15 is 0 Å². The van der Waals surface area contributed by atoms with Crippen molar-refractivity contribution in [2.24, 2.45) is 5.92 Å². The van der Waals surface area contributed by atoms with Crippen LogP contribution < -0.4 is 0 Å². The van der Waals surface area contributed by atoms with E-state index in [4.69, 9.17) is 14.7 Å². The third kappa shape index (κ3) is 6.02. The normalized spacial score (nSPS) is 15.8. The third-order valence-corrected chi connectivity index (χ3v) is 8.61. The van der Waals surface area contributed by atoms with Crippen LogP contribution in [-0.2, 0) is 16.0 Å². The number of carbonyl (C=O) groups excluding carboxylic acids is 2. The second-order valence-electron chi connectivity index (χ2n) is 11.6. The highest BCUT2D eigenvalue weighted by Gasteiger charge is 2.41. The molecule has 1 unspecified atom stereocenters. The molecule has 2 saturated carbocycles. The molecule has 0 bridgehead atoms. The van der Waals surface area contributed by atoms with Crippen molar-refractivity contribution in [3.8, 4) is 0 Å². The van der Waals surface area contributed by atoms with E-state index in [0.29, 0.717) is 17.9 Å². The molecule has 2 aliphatic rings. The molecule has 0 saturated heterocycles. The van der Waals surface area contributed by atoms with E-state index < -0.39 is 0 Å². The summed E-state index contributed by atoms with van der Waals surface area (Å²) < 4.78 is 4.97. The number of nitrogens with zero attached hydrogens (tertiary/aromatic N) is 3. The zero-order valence-corrected chi connectivity index (χ0v) is 23.9. The number of aryl methyl sites for hydroxylation is 1. The van der Waals surface area contributed by atoms with Crippen LogP contribution in [0.15, 0.2) is 72.8 Å². The molecular formula is C35H37N3O3. The van der Waals surface area contributed by atoms with Crippen LogP contribution in [0.5, 0.6) is 0 Å². The molecule has 4 aromatic rings. The molecule has 6 rings (SSSR count). The highest BCUT2D eigenvalue weighted by molar-refractivity contribution is 5.95. The van der Waals surface area contributed by atoms with Crippen LogP contribution in [-0.4, -0.2) is 40.4 Å². The van der Waals surface area contributed by atoms with Gasteiger partial charge >= 0.3 is 5.97 Å². The van der Waals surface area contributed by atoms with Gasteiger partial charge in [0.05, 0.1) is 42.0 Å². The number of fused-ring (bicyclic) bond motifs is 1. The Morgan fingerprint density at radius 1 is 0.927 bits per heavy atom. The summed E-state index contributed by atoms with van der Waals surface area (Å²) in [6.07, 6.45) is 6.47. The van der Waals surface area contributed by atoms with Crippen molar-refractivity contribution in [3.05, 3.63) is 106 Å². The van der Waals surface area contributed by atoms with Crippen molar-refractivity contribution >= 4 is 22.9 Å². The maximum Gasteiger partial charge on any atom is 0.307 e. The first-order valence-corrected chi connectivity index (χ1v) is 14.8. The minimum atomic E-state index is -0.333. The maximum atomic E-state index is 14.2. The van der Waals surface area contributed by atoms with Crippen molar-refractivity contribution in [1.29, 1.82) is 0 Å². The predicted molar refractivity (Wildman–Crippen MR) is 160 cm³/mol. The third-order valence-electron chi connectivity index (χ3n) is 8.61. The lowest BCUT2D eigenvalue weighted by atomic mass is 9.80. The SMILES string of the molecule is COC(=O)CCN(C(=O)c1ccc(C)cc1)C(c1nc2cc(C3CCC3)ccc2nc1Cc1ccccc1)C1CC1. The van der Waals surface area contributed by atoms with E-state index in [0.717, 1.165) is 46.4 Å². The number of esters is 1. The summed E-state index contributed by atoms with van der Waals surface area (Å²) in [5, 5.41) is 0. The maximum absolute atomic E-state index is 14.2. The predicted octanol–water partition coefficient (Wildman–Crippen LogP) is 6.95. The average Bonchev–Trinajstić information content (AvgIpc) is 3.80. The largest absolute Gasteiger partial charge is 0.469 e. The van der Waals surface area contributed by atoms with Crippen LogP contribution in [0.3, 0.4) is 0 Å². The molecule has 0 spiro atoms. The van der Waals surface area contributed by atoms with Crippen molar-refractivity contribution < 1.29 is 14.3 Å². The Morgan fingerprint density at radius 3 is 2.34 bits per heavy atom. The fourth-order valence-corrected chi connectivity index (χ4v) is 5.85. The second-order valence-corrected chi connectivity index (χ2v) is 11.6. The molecular weight excluding hydrogens is 510 g/mol. The van der Waals surface area contributed by atoms with Crippen LogP contribution in [0.25, 0.3) is 11.0 Å². The lowest BCUT2D eigenvalue weighted by Gasteiger charge is -2.33. The van der Waals surface area contributed by atoms with Gasteiger partial charge in [0, 0.05) is 18.5 Å². The fourth-order valence-electron chi connectivity index (χ4n) is 5.85. The molecule has 0 N–H and O–H groups in total. The van der Waals surface area contributed by atoms with Gasteiger partial charge in [-0.05, 0) is 79.8 Å². The summed E-state index contributed by atoms with van der Waals surface area (Å²) in [5.41, 5.74) is 7.66. The number of hydrogen-bond donors (Lipinski definition) is 0. The first kappa shape index (κ1) is 27.1. The highest BCUT2D eigenvalue weighted by atomic mass is 16.5. The van der Waals surface area contributed by atoms with Crippen LogP contribution in [0.4, 0.5) is 0 Å². The number of carbonyl (C=O) groups is 2. The van der Waals surface area contributed by atoms with Gasteiger partial charge in [0.15, 0.2) is 0 Å². The molecule has 3 aromatic carbocycles. The van der Waals surface area contributed by atoms with E-state index in [2.05, 4.69) is 30.3 Å². The first-order valence-electron chi connectivity index (χ1n) is 14.8. The summed E-state index contributed by atoms with van der Waals surface area (Å²) in [4.78, 5) is 38.8. The van der Waals surface area contributed by atoms with Gasteiger partial charge in [0.2, 0.25) is 0 Å². The first-order chi connectivity index (χ1) is 20.0. The Bertz CT molecular complexity index is 1540. The van der Waals surface area contributed by atoms with Crippen LogP contribution >= 0.6 is 0 Å². The average molecular weight is 548 g/mol. The minimum absolute atomic E-state index is 0.0958. The Morgan fingerprint density at radius 2 is 1.68 bits per heavy atom. The van der Waals surface area contributed by atoms with E-state index in [1.165, 1.54) is 31.9 Å². The lowest BCUT2D eigenvalue weighted by molar-refractivity contribution is -0.140. The number of amides is 1. The summed E-state index contributed by atoms with van der Waals surface area (Å²) in [7, 11) is 1.39. The zero-order valence-electron chi connectivity index (χ0n) is 23.9. The molecule has 2 fully saturated rings. The highest BCUT2D eigenvalue weighted by Crippen LogP contribution is 2.46. The van der Waals surface area contributed by atoms with Crippen LogP contribution in [0.2, 0.25) is 0 Å². The topological polar surface area (TPSA) is 72.4 Å². The summed E-state index contributed by atoms with van der Waals surface area (Å²) in [6.45, 7) is 2.27. The van der Waals surface area contributed by atoms with Gasteiger partial charge in [-0.15, -0.1) is 0 Å². The smallest absolute Gasteiger partial charge is 0.307 e. The lowest BCUT2D eigenvalue weighted by Crippen LogP contribution is -2.39. The molecule has 1 amide bonds. The Kier molecular flexibility index (Phi) is 7.82. The molecule has 41 heavy (non-hydrogen) atoms. The van der Waals surface area contributed by atoms with E-state index in [-0.39, 0.29) is 36.8 Å². The molecule has 2 aliphatic carbocycles. The molecule has 0 aliphatic heterocycles. The molecule has 0 radical (unpaired) electrons. The number of ether oxygens (including phenoxy) is 1. The van der Waals surface area contributed by atoms with Gasteiger partial charge in [0.1, 0.15) is 0 Å². The van der Waals surface area contributed by atoms with Gasteiger partial charge in [0.25, 0.3) is 5.91 Å². The standard InChI is InChI=1S/C35H37N3O3/c1-23-11-13-27(14-12-23)35(40)38(20-19-32(39)41-2)34(26-15-16-26)33-31(21-24-7-4-3-5-8-24)36-29-18-17-28(22-30(29)37-33)25-9-6-10-25/h3-5,7-8,11-14,17-18,22,25-26,34H,6,9-10,15-16,19-21H2,1-2H3. The Balaban J connectivity index is 1.47. The molecule has 210 valence electrons. The summed E-state index contributed by atoms with van der Waals surface area (Å²) in [5.74, 6) is 0.424. The van der Waals surface area contributed by atoms with Crippen molar-refractivity contribution in [2.45, 2.75) is 63.8 Å². The van der Waals surface area contributed by atoms with Gasteiger partial charge in [-0.1, -0.05) is 60.5 Å². The van der Waals surface area contributed by atoms with Crippen molar-refractivity contribution in [2.75, 3.05) is 13.7 Å². The quantitative estimate of drug-likeness (QED) is 0.201. The van der Waals surface area contributed by atoms with Gasteiger partial charge in [-0.2, -0.15) is 0 Å². The number of methoxy groups -OCH3 is 1. The summed E-state index contributed by atoms with van der Waals surface area (Å²) >= 11 is 0.